The van der Waals surface area contributed by atoms with Crippen molar-refractivity contribution in [3.63, 3.8) is 0 Å². The Morgan fingerprint density at radius 2 is 0.891 bits per heavy atom. The summed E-state index contributed by atoms with van der Waals surface area (Å²) in [5.41, 5.74) is 0. The van der Waals surface area contributed by atoms with Crippen LogP contribution in [0.25, 0.3) is 0 Å². The average Bonchev–Trinajstić information content (AvgIpc) is 3.02. The minimum atomic E-state index is -4.74. The number of hydrogen-bond acceptors (Lipinski definition) is 6. The van der Waals surface area contributed by atoms with Gasteiger partial charge in [0.05, 0.1) is 6.61 Å². The first-order chi connectivity index (χ1) is 22.3. The zero-order valence-electron chi connectivity index (χ0n) is 29.7. The van der Waals surface area contributed by atoms with Gasteiger partial charge >= 0.3 is 19.8 Å². The third-order valence-corrected chi connectivity index (χ3v) is 9.01. The number of phosphoric ester groups is 1. The predicted molar refractivity (Wildman–Crippen MR) is 188 cm³/mol. The van der Waals surface area contributed by atoms with E-state index in [1.807, 2.05) is 0 Å². The molecule has 1 atom stereocenters. The first-order valence-electron chi connectivity index (χ1n) is 19.1. The van der Waals surface area contributed by atoms with Crippen LogP contribution in [-0.2, 0) is 28.2 Å². The van der Waals surface area contributed by atoms with Crippen molar-refractivity contribution in [2.75, 3.05) is 13.2 Å². The Morgan fingerprint density at radius 3 is 1.26 bits per heavy atom. The third kappa shape index (κ3) is 35.9. The Kier molecular flexibility index (Phi) is 33.2. The number of hydrogen-bond donors (Lipinski definition) is 2. The highest BCUT2D eigenvalue weighted by atomic mass is 31.2. The van der Waals surface area contributed by atoms with Gasteiger partial charge in [0.2, 0.25) is 0 Å². The molecule has 8 nitrogen and oxygen atoms in total. The smallest absolute Gasteiger partial charge is 0.462 e. The summed E-state index contributed by atoms with van der Waals surface area (Å²) in [6, 6.07) is 0. The van der Waals surface area contributed by atoms with Gasteiger partial charge in [0, 0.05) is 12.8 Å². The van der Waals surface area contributed by atoms with E-state index in [-0.39, 0.29) is 19.4 Å². The molecule has 0 aromatic rings. The minimum absolute atomic E-state index is 0.218. The SMILES string of the molecule is [CH2-]CCCCCCCCCCCCCCC(=O)OC[C@H](COP(=O)(O)O)OC(=O)CCCCCCCCCCCCCCCCC. The lowest BCUT2D eigenvalue weighted by Gasteiger charge is -2.18. The number of carbonyl (C=O) groups is 2. The number of phosphoric acid groups is 1. The Hall–Kier alpha value is -0.950. The van der Waals surface area contributed by atoms with E-state index >= 15 is 0 Å². The highest BCUT2D eigenvalue weighted by molar-refractivity contribution is 7.46. The van der Waals surface area contributed by atoms with Crippen molar-refractivity contribution in [2.24, 2.45) is 0 Å². The fourth-order valence-electron chi connectivity index (χ4n) is 5.65. The lowest BCUT2D eigenvalue weighted by atomic mass is 10.0. The summed E-state index contributed by atoms with van der Waals surface area (Å²) in [6.45, 7) is 5.33. The summed E-state index contributed by atoms with van der Waals surface area (Å²) >= 11 is 0. The van der Waals surface area contributed by atoms with Gasteiger partial charge in [0.15, 0.2) is 6.10 Å². The van der Waals surface area contributed by atoms with Gasteiger partial charge in [-0.3, -0.25) is 14.1 Å². The van der Waals surface area contributed by atoms with Gasteiger partial charge in [0.1, 0.15) is 6.61 Å². The quantitative estimate of drug-likeness (QED) is 0.0291. The van der Waals surface area contributed by atoms with Crippen LogP contribution in [0.4, 0.5) is 0 Å². The highest BCUT2D eigenvalue weighted by Gasteiger charge is 2.22. The van der Waals surface area contributed by atoms with Crippen molar-refractivity contribution in [3.05, 3.63) is 6.92 Å². The van der Waals surface area contributed by atoms with Crippen LogP contribution in [0.15, 0.2) is 0 Å². The van der Waals surface area contributed by atoms with Crippen LogP contribution in [0.2, 0.25) is 0 Å². The van der Waals surface area contributed by atoms with E-state index in [0.717, 1.165) is 38.5 Å². The summed E-state index contributed by atoms with van der Waals surface area (Å²) in [7, 11) is -4.74. The molecule has 2 N–H and O–H groups in total. The second kappa shape index (κ2) is 33.9. The van der Waals surface area contributed by atoms with Crippen LogP contribution in [0, 0.1) is 6.92 Å². The first-order valence-corrected chi connectivity index (χ1v) is 20.7. The Bertz CT molecular complexity index is 726. The third-order valence-electron chi connectivity index (χ3n) is 8.52. The van der Waals surface area contributed by atoms with Crippen LogP contribution < -0.4 is 0 Å². The van der Waals surface area contributed by atoms with E-state index in [9.17, 15) is 14.2 Å². The first kappa shape index (κ1) is 45.0. The molecule has 9 heteroatoms. The molecule has 0 spiro atoms. The van der Waals surface area contributed by atoms with Crippen molar-refractivity contribution in [1.29, 1.82) is 0 Å². The molecule has 0 heterocycles. The van der Waals surface area contributed by atoms with Gasteiger partial charge in [-0.15, -0.1) is 0 Å². The molecule has 0 radical (unpaired) electrons. The summed E-state index contributed by atoms with van der Waals surface area (Å²) in [5, 5.41) is 0. The maximum Gasteiger partial charge on any atom is 0.469 e. The fraction of sp³-hybridized carbons (Fsp3) is 0.919. The van der Waals surface area contributed by atoms with E-state index < -0.39 is 32.5 Å². The van der Waals surface area contributed by atoms with Crippen LogP contribution >= 0.6 is 7.82 Å². The number of unbranched alkanes of at least 4 members (excludes halogenated alkanes) is 26. The van der Waals surface area contributed by atoms with Crippen LogP contribution in [0.5, 0.6) is 0 Å². The van der Waals surface area contributed by atoms with Gasteiger partial charge < -0.3 is 26.2 Å². The molecule has 0 fully saturated rings. The second-order valence-corrected chi connectivity index (χ2v) is 14.4. The molecule has 274 valence electrons. The molecular weight excluding hydrogens is 603 g/mol. The van der Waals surface area contributed by atoms with Crippen LogP contribution in [-0.4, -0.2) is 41.0 Å². The molecule has 0 bridgehead atoms. The monoisotopic (exact) mass is 675 g/mol. The molecule has 0 aromatic heterocycles. The van der Waals surface area contributed by atoms with Crippen LogP contribution in [0.1, 0.15) is 200 Å². The van der Waals surface area contributed by atoms with E-state index in [1.165, 1.54) is 135 Å². The highest BCUT2D eigenvalue weighted by Crippen LogP contribution is 2.36. The van der Waals surface area contributed by atoms with E-state index in [1.54, 1.807) is 0 Å². The lowest BCUT2D eigenvalue weighted by molar-refractivity contribution is -0.161. The van der Waals surface area contributed by atoms with Crippen molar-refractivity contribution in [3.8, 4) is 0 Å². The van der Waals surface area contributed by atoms with E-state index in [4.69, 9.17) is 19.3 Å². The normalized spacial score (nSPS) is 12.3. The summed E-state index contributed by atoms with van der Waals surface area (Å²) in [4.78, 5) is 42.7. The number of rotatable bonds is 36. The molecular formula is C37H72O8P-. The maximum absolute atomic E-state index is 12.4. The molecule has 0 rings (SSSR count). The lowest BCUT2D eigenvalue weighted by Crippen LogP contribution is -2.29. The van der Waals surface area contributed by atoms with Crippen LogP contribution in [0.3, 0.4) is 0 Å². The molecule has 0 unspecified atom stereocenters. The van der Waals surface area contributed by atoms with Crippen molar-refractivity contribution in [1.82, 2.24) is 0 Å². The second-order valence-electron chi connectivity index (χ2n) is 13.1. The number of carbonyl (C=O) groups excluding carboxylic acids is 2. The zero-order valence-corrected chi connectivity index (χ0v) is 30.6. The van der Waals surface area contributed by atoms with Gasteiger partial charge in [0.25, 0.3) is 0 Å². The minimum Gasteiger partial charge on any atom is -0.462 e. The van der Waals surface area contributed by atoms with E-state index in [0.29, 0.717) is 6.42 Å². The summed E-state index contributed by atoms with van der Waals surface area (Å²) in [6.07, 6.45) is 33.3. The topological polar surface area (TPSA) is 119 Å². The molecule has 0 saturated heterocycles. The van der Waals surface area contributed by atoms with Gasteiger partial charge in [-0.2, -0.15) is 6.42 Å². The number of ether oxygens (including phenoxy) is 2. The molecule has 0 aromatic carbocycles. The number of esters is 2. The predicted octanol–water partition coefficient (Wildman–Crippen LogP) is 11.1. The zero-order chi connectivity index (χ0) is 34.0. The fourth-order valence-corrected chi connectivity index (χ4v) is 6.01. The molecule has 46 heavy (non-hydrogen) atoms. The molecule has 0 aliphatic carbocycles. The Balaban J connectivity index is 3.91. The molecule has 0 saturated carbocycles. The maximum atomic E-state index is 12.4. The van der Waals surface area contributed by atoms with Gasteiger partial charge in [-0.25, -0.2) is 4.57 Å². The largest absolute Gasteiger partial charge is 0.469 e. The molecule has 0 aliphatic heterocycles. The molecule has 0 aliphatic rings. The average molecular weight is 676 g/mol. The standard InChI is InChI=1S/C37H72O8P/c1-3-5-7-9-11-13-15-17-18-20-22-24-26-28-30-32-37(39)45-35(34-44-46(40,41)42)33-43-36(38)31-29-27-25-23-21-19-16-14-12-10-8-6-4-2/h35H,2-34H2,1H3,(H2,40,41,42)/q-1/t35-/m1/s1. The Labute approximate surface area is 283 Å². The Morgan fingerprint density at radius 1 is 0.543 bits per heavy atom. The summed E-state index contributed by atoms with van der Waals surface area (Å²) in [5.74, 6) is -0.877. The van der Waals surface area contributed by atoms with Crippen molar-refractivity contribution < 1.29 is 37.9 Å². The van der Waals surface area contributed by atoms with Crippen molar-refractivity contribution >= 4 is 19.8 Å². The molecule has 0 amide bonds. The van der Waals surface area contributed by atoms with E-state index in [2.05, 4.69) is 18.4 Å². The summed E-state index contributed by atoms with van der Waals surface area (Å²) < 4.78 is 26.3. The van der Waals surface area contributed by atoms with Gasteiger partial charge in [-0.1, -0.05) is 167 Å². The van der Waals surface area contributed by atoms with Gasteiger partial charge in [-0.05, 0) is 12.8 Å². The van der Waals surface area contributed by atoms with Crippen molar-refractivity contribution in [2.45, 2.75) is 206 Å².